The first kappa shape index (κ1) is 31.0. The van der Waals surface area contributed by atoms with E-state index in [0.29, 0.717) is 52.9 Å². The number of carbonyl (C=O) groups excluding carboxylic acids is 1. The number of aliphatic hydroxyl groups excluding tert-OH is 1. The highest BCUT2D eigenvalue weighted by molar-refractivity contribution is 6.39. The highest BCUT2D eigenvalue weighted by Gasteiger charge is 2.37. The number of anilines is 1. The molecule has 1 fully saturated rings. The standard InChI is InChI=1S/C32H31Cl2N5O6/c1-38-14-21(31(42)39(2)32(38)43)29(41)36-22-9-5-7-19(27(22)34)18-6-4-8-20(26(18)33)23-12-16-13-24(40)28(25(16)30(37-23)44-3)35-17-10-11-45-15-17/h4-9,12,14,17,24,28,35,40H,10-11,13,15H2,1-3H3,(H,36,41)/t17-,24+,28-/m0/s1. The third-order valence-corrected chi connectivity index (χ3v) is 9.09. The molecular formula is C32H31Cl2N5O6. The Morgan fingerprint density at radius 3 is 2.51 bits per heavy atom. The molecule has 0 spiro atoms. The highest BCUT2D eigenvalue weighted by atomic mass is 35.5. The zero-order valence-corrected chi connectivity index (χ0v) is 26.3. The largest absolute Gasteiger partial charge is 0.481 e. The molecule has 1 saturated heterocycles. The minimum absolute atomic E-state index is 0.142. The zero-order chi connectivity index (χ0) is 32.0. The van der Waals surface area contributed by atoms with Crippen molar-refractivity contribution in [2.75, 3.05) is 25.6 Å². The van der Waals surface area contributed by atoms with Gasteiger partial charge in [0.25, 0.3) is 11.5 Å². The lowest BCUT2D eigenvalue weighted by molar-refractivity contribution is 0.102. The van der Waals surface area contributed by atoms with Gasteiger partial charge in [0.1, 0.15) is 5.56 Å². The summed E-state index contributed by atoms with van der Waals surface area (Å²) in [6, 6.07) is 12.3. The fourth-order valence-electron chi connectivity index (χ4n) is 5.96. The van der Waals surface area contributed by atoms with Gasteiger partial charge in [-0.25, -0.2) is 9.78 Å². The summed E-state index contributed by atoms with van der Waals surface area (Å²) < 4.78 is 13.2. The van der Waals surface area contributed by atoms with Gasteiger partial charge in [-0.15, -0.1) is 0 Å². The summed E-state index contributed by atoms with van der Waals surface area (Å²) in [6.45, 7) is 1.28. The van der Waals surface area contributed by atoms with Crippen molar-refractivity contribution in [3.63, 3.8) is 0 Å². The number of carbonyl (C=O) groups is 1. The van der Waals surface area contributed by atoms with Crippen molar-refractivity contribution in [1.29, 1.82) is 0 Å². The van der Waals surface area contributed by atoms with Gasteiger partial charge >= 0.3 is 5.69 Å². The van der Waals surface area contributed by atoms with Crippen molar-refractivity contribution in [2.45, 2.75) is 31.0 Å². The lowest BCUT2D eigenvalue weighted by Gasteiger charge is -2.23. The van der Waals surface area contributed by atoms with E-state index in [2.05, 4.69) is 10.6 Å². The van der Waals surface area contributed by atoms with Crippen LogP contribution >= 0.6 is 23.2 Å². The van der Waals surface area contributed by atoms with Crippen LogP contribution in [0.3, 0.4) is 0 Å². The summed E-state index contributed by atoms with van der Waals surface area (Å²) in [4.78, 5) is 42.5. The molecule has 6 rings (SSSR count). The molecule has 0 unspecified atom stereocenters. The highest BCUT2D eigenvalue weighted by Crippen LogP contribution is 2.44. The van der Waals surface area contributed by atoms with Gasteiger partial charge in [-0.1, -0.05) is 53.5 Å². The Morgan fingerprint density at radius 2 is 1.80 bits per heavy atom. The zero-order valence-electron chi connectivity index (χ0n) is 24.8. The molecule has 0 bridgehead atoms. The Hall–Kier alpha value is -4.00. The molecule has 2 aliphatic rings. The number of rotatable bonds is 7. The van der Waals surface area contributed by atoms with Crippen LogP contribution in [0, 0.1) is 0 Å². The van der Waals surface area contributed by atoms with E-state index in [-0.39, 0.29) is 28.4 Å². The van der Waals surface area contributed by atoms with Crippen LogP contribution in [0.1, 0.15) is 33.9 Å². The van der Waals surface area contributed by atoms with Crippen molar-refractivity contribution in [3.05, 3.63) is 96.2 Å². The second-order valence-corrected chi connectivity index (χ2v) is 11.9. The lowest BCUT2D eigenvalue weighted by atomic mass is 9.99. The average molecular weight is 653 g/mol. The van der Waals surface area contributed by atoms with Gasteiger partial charge in [0, 0.05) is 61.6 Å². The molecule has 13 heteroatoms. The van der Waals surface area contributed by atoms with Gasteiger partial charge < -0.3 is 29.8 Å². The first-order valence-corrected chi connectivity index (χ1v) is 15.1. The first-order chi connectivity index (χ1) is 21.6. The Balaban J connectivity index is 1.34. The molecule has 0 saturated carbocycles. The number of aromatic nitrogens is 3. The summed E-state index contributed by atoms with van der Waals surface area (Å²) in [5.41, 5.74) is 2.85. The quantitative estimate of drug-likeness (QED) is 0.275. The molecule has 0 radical (unpaired) electrons. The summed E-state index contributed by atoms with van der Waals surface area (Å²) in [7, 11) is 4.31. The number of hydrogen-bond donors (Lipinski definition) is 3. The fraction of sp³-hybridized carbons (Fsp3) is 0.312. The average Bonchev–Trinajstić information content (AvgIpc) is 3.66. The normalized spacial score (nSPS) is 19.0. The summed E-state index contributed by atoms with van der Waals surface area (Å²) in [5, 5.41) is 17.7. The van der Waals surface area contributed by atoms with Crippen molar-refractivity contribution in [3.8, 4) is 28.3 Å². The van der Waals surface area contributed by atoms with Crippen LogP contribution in [0.25, 0.3) is 22.4 Å². The molecule has 2 aromatic heterocycles. The van der Waals surface area contributed by atoms with E-state index in [1.165, 1.54) is 20.3 Å². The number of amides is 1. The third-order valence-electron chi connectivity index (χ3n) is 8.28. The maximum absolute atomic E-state index is 13.1. The topological polar surface area (TPSA) is 137 Å². The predicted octanol–water partition coefficient (Wildman–Crippen LogP) is 3.72. The van der Waals surface area contributed by atoms with Crippen LogP contribution < -0.4 is 26.6 Å². The van der Waals surface area contributed by atoms with E-state index in [4.69, 9.17) is 37.7 Å². The van der Waals surface area contributed by atoms with E-state index < -0.39 is 23.3 Å². The first-order valence-electron chi connectivity index (χ1n) is 14.3. The monoisotopic (exact) mass is 651 g/mol. The number of aryl methyl sites for hydroxylation is 1. The molecule has 1 aliphatic carbocycles. The van der Waals surface area contributed by atoms with E-state index in [1.807, 2.05) is 18.2 Å². The molecule has 45 heavy (non-hydrogen) atoms. The van der Waals surface area contributed by atoms with Gasteiger partial charge in [0.2, 0.25) is 5.88 Å². The minimum Gasteiger partial charge on any atom is -0.481 e. The number of fused-ring (bicyclic) bond motifs is 1. The Kier molecular flexibility index (Phi) is 8.55. The van der Waals surface area contributed by atoms with Gasteiger partial charge in [-0.05, 0) is 24.1 Å². The number of pyridine rings is 1. The predicted molar refractivity (Wildman–Crippen MR) is 171 cm³/mol. The van der Waals surface area contributed by atoms with Gasteiger partial charge in [0.05, 0.1) is 47.3 Å². The van der Waals surface area contributed by atoms with E-state index >= 15 is 0 Å². The molecule has 4 aromatic rings. The number of benzene rings is 2. The van der Waals surface area contributed by atoms with Crippen molar-refractivity contribution in [1.82, 2.24) is 19.4 Å². The molecule has 11 nitrogen and oxygen atoms in total. The maximum Gasteiger partial charge on any atom is 0.330 e. The number of nitrogens with zero attached hydrogens (tertiary/aromatic N) is 3. The van der Waals surface area contributed by atoms with Crippen LogP contribution in [0.4, 0.5) is 5.69 Å². The van der Waals surface area contributed by atoms with E-state index in [9.17, 15) is 19.5 Å². The van der Waals surface area contributed by atoms with Crippen molar-refractivity contribution >= 4 is 34.8 Å². The summed E-state index contributed by atoms with van der Waals surface area (Å²) >= 11 is 13.8. The Labute approximate surface area is 268 Å². The third kappa shape index (κ3) is 5.66. The molecule has 1 aliphatic heterocycles. The molecule has 234 valence electrons. The van der Waals surface area contributed by atoms with Crippen molar-refractivity contribution < 1.29 is 19.4 Å². The van der Waals surface area contributed by atoms with Crippen LogP contribution in [0.2, 0.25) is 10.0 Å². The number of nitrogens with one attached hydrogen (secondary N) is 2. The van der Waals surface area contributed by atoms with Gasteiger partial charge in [0.15, 0.2) is 0 Å². The van der Waals surface area contributed by atoms with Gasteiger partial charge in [-0.2, -0.15) is 0 Å². The molecular weight excluding hydrogens is 621 g/mol. The van der Waals surface area contributed by atoms with Crippen LogP contribution in [0.15, 0.2) is 58.3 Å². The SMILES string of the molecule is COc1nc(-c2cccc(-c3cccc(NC(=O)c4cn(C)c(=O)n(C)c4=O)c3Cl)c2Cl)cc2c1[C@@H](N[C@H]1CCOC1)[C@H](O)C2. The molecule has 1 amide bonds. The number of methoxy groups -OCH3 is 1. The number of halogens is 2. The van der Waals surface area contributed by atoms with E-state index in [1.54, 1.807) is 31.4 Å². The Morgan fingerprint density at radius 1 is 1.09 bits per heavy atom. The number of hydrogen-bond acceptors (Lipinski definition) is 8. The molecule has 3 atom stereocenters. The lowest BCUT2D eigenvalue weighted by Crippen LogP contribution is -2.40. The minimum atomic E-state index is -0.724. The fourth-order valence-corrected chi connectivity index (χ4v) is 6.55. The number of aliphatic hydroxyl groups is 1. The smallest absolute Gasteiger partial charge is 0.330 e. The molecule has 2 aromatic carbocycles. The van der Waals surface area contributed by atoms with Crippen molar-refractivity contribution in [2.24, 2.45) is 14.1 Å². The second kappa shape index (κ2) is 12.4. The molecule has 3 N–H and O–H groups in total. The van der Waals surface area contributed by atoms with Crippen LogP contribution in [-0.2, 0) is 25.3 Å². The Bertz CT molecular complexity index is 1930. The maximum atomic E-state index is 13.1. The van der Waals surface area contributed by atoms with E-state index in [0.717, 1.165) is 26.7 Å². The van der Waals surface area contributed by atoms with Crippen LogP contribution in [-0.4, -0.2) is 57.6 Å². The summed E-state index contributed by atoms with van der Waals surface area (Å²) in [5.74, 6) is -0.306. The van der Waals surface area contributed by atoms with Crippen LogP contribution in [0.5, 0.6) is 5.88 Å². The number of ether oxygens (including phenoxy) is 2. The summed E-state index contributed by atoms with van der Waals surface area (Å²) in [6.07, 6.45) is 1.84. The molecule has 3 heterocycles. The second-order valence-electron chi connectivity index (χ2n) is 11.2. The van der Waals surface area contributed by atoms with Gasteiger partial charge in [-0.3, -0.25) is 14.2 Å².